The summed E-state index contributed by atoms with van der Waals surface area (Å²) in [6, 6.07) is 0. The molecule has 94 valence electrons. The molecule has 6 heteroatoms. The van der Waals surface area contributed by atoms with Crippen molar-refractivity contribution in [1.29, 1.82) is 0 Å². The Morgan fingerprint density at radius 1 is 1.50 bits per heavy atom. The molecule has 0 aliphatic carbocycles. The van der Waals surface area contributed by atoms with Gasteiger partial charge in [-0.3, -0.25) is 4.79 Å². The summed E-state index contributed by atoms with van der Waals surface area (Å²) in [5.74, 6) is -1.15. The molecular weight excluding hydrogens is 230 g/mol. The van der Waals surface area contributed by atoms with E-state index in [1.54, 1.807) is 13.8 Å². The highest BCUT2D eigenvalue weighted by Gasteiger charge is 2.30. The van der Waals surface area contributed by atoms with Crippen LogP contribution in [0.25, 0.3) is 0 Å². The van der Waals surface area contributed by atoms with Gasteiger partial charge in [-0.05, 0) is 33.2 Å². The van der Waals surface area contributed by atoms with Crippen LogP contribution in [0.1, 0.15) is 26.7 Å². The van der Waals surface area contributed by atoms with Crippen molar-refractivity contribution in [2.75, 3.05) is 18.8 Å². The monoisotopic (exact) mass is 249 g/mol. The SMILES string of the molecule is CC(C)OC(=O)CS(=O)(=O)C1CCCNC1. The normalized spacial score (nSPS) is 22.1. The number of ether oxygens (including phenoxy) is 1. The van der Waals surface area contributed by atoms with Gasteiger partial charge in [0.2, 0.25) is 0 Å². The van der Waals surface area contributed by atoms with E-state index in [9.17, 15) is 13.2 Å². The van der Waals surface area contributed by atoms with E-state index in [2.05, 4.69) is 5.32 Å². The minimum absolute atomic E-state index is 0.271. The smallest absolute Gasteiger partial charge is 0.321 e. The zero-order valence-corrected chi connectivity index (χ0v) is 10.5. The molecule has 0 amide bonds. The number of hydrogen-bond donors (Lipinski definition) is 1. The van der Waals surface area contributed by atoms with E-state index in [4.69, 9.17) is 4.74 Å². The maximum atomic E-state index is 11.8. The first-order valence-corrected chi connectivity index (χ1v) is 7.25. The molecule has 1 unspecified atom stereocenters. The molecule has 0 aromatic rings. The number of hydrogen-bond acceptors (Lipinski definition) is 5. The lowest BCUT2D eigenvalue weighted by atomic mass is 10.2. The summed E-state index contributed by atoms with van der Waals surface area (Å²) >= 11 is 0. The Morgan fingerprint density at radius 2 is 2.19 bits per heavy atom. The first kappa shape index (κ1) is 13.4. The molecule has 0 radical (unpaired) electrons. The predicted octanol–water partition coefficient (Wildman–Crippen LogP) is 0.105. The van der Waals surface area contributed by atoms with Crippen molar-refractivity contribution in [2.24, 2.45) is 0 Å². The van der Waals surface area contributed by atoms with Crippen LogP contribution in [0, 0.1) is 0 Å². The van der Waals surface area contributed by atoms with E-state index < -0.39 is 26.8 Å². The highest BCUT2D eigenvalue weighted by Crippen LogP contribution is 2.13. The summed E-state index contributed by atoms with van der Waals surface area (Å²) in [5, 5.41) is 2.58. The molecule has 1 heterocycles. The number of piperidine rings is 1. The molecule has 1 fully saturated rings. The number of carbonyl (C=O) groups excluding carboxylic acids is 1. The van der Waals surface area contributed by atoms with Gasteiger partial charge < -0.3 is 10.1 Å². The maximum absolute atomic E-state index is 11.8. The second-order valence-corrected chi connectivity index (χ2v) is 6.60. The molecule has 16 heavy (non-hydrogen) atoms. The van der Waals surface area contributed by atoms with Crippen LogP contribution in [0.2, 0.25) is 0 Å². The third-order valence-corrected chi connectivity index (χ3v) is 4.50. The fraction of sp³-hybridized carbons (Fsp3) is 0.900. The first-order valence-electron chi connectivity index (χ1n) is 5.53. The number of nitrogens with one attached hydrogen (secondary N) is 1. The van der Waals surface area contributed by atoms with Gasteiger partial charge in [-0.1, -0.05) is 0 Å². The number of carbonyl (C=O) groups is 1. The Hall–Kier alpha value is -0.620. The Bertz CT molecular complexity index is 331. The van der Waals surface area contributed by atoms with Gasteiger partial charge in [0.1, 0.15) is 5.75 Å². The zero-order chi connectivity index (χ0) is 12.2. The third-order valence-electron chi connectivity index (χ3n) is 2.45. The van der Waals surface area contributed by atoms with Crippen molar-refractivity contribution in [1.82, 2.24) is 5.32 Å². The van der Waals surface area contributed by atoms with Gasteiger partial charge in [-0.15, -0.1) is 0 Å². The molecule has 0 spiro atoms. The van der Waals surface area contributed by atoms with E-state index >= 15 is 0 Å². The van der Waals surface area contributed by atoms with Crippen LogP contribution in [-0.2, 0) is 19.4 Å². The van der Waals surface area contributed by atoms with E-state index in [0.717, 1.165) is 13.0 Å². The van der Waals surface area contributed by atoms with Crippen molar-refractivity contribution in [3.05, 3.63) is 0 Å². The van der Waals surface area contributed by atoms with Crippen LogP contribution >= 0.6 is 0 Å². The van der Waals surface area contributed by atoms with Crippen molar-refractivity contribution >= 4 is 15.8 Å². The van der Waals surface area contributed by atoms with Gasteiger partial charge in [-0.25, -0.2) is 8.42 Å². The van der Waals surface area contributed by atoms with Gasteiger partial charge in [0.15, 0.2) is 9.84 Å². The number of esters is 1. The fourth-order valence-corrected chi connectivity index (χ4v) is 3.24. The van der Waals surface area contributed by atoms with Crippen LogP contribution < -0.4 is 5.32 Å². The molecule has 1 atom stereocenters. The highest BCUT2D eigenvalue weighted by molar-refractivity contribution is 7.92. The maximum Gasteiger partial charge on any atom is 0.321 e. The largest absolute Gasteiger partial charge is 0.462 e. The molecular formula is C10H19NO4S. The Morgan fingerprint density at radius 3 is 2.69 bits per heavy atom. The number of rotatable bonds is 4. The summed E-state index contributed by atoms with van der Waals surface area (Å²) in [4.78, 5) is 11.3. The average Bonchev–Trinajstić information content (AvgIpc) is 2.16. The standard InChI is InChI=1S/C10H19NO4S/c1-8(2)15-10(12)7-16(13,14)9-4-3-5-11-6-9/h8-9,11H,3-7H2,1-2H3. The first-order chi connectivity index (χ1) is 7.42. The van der Waals surface area contributed by atoms with Crippen LogP contribution in [-0.4, -0.2) is 44.6 Å². The van der Waals surface area contributed by atoms with Gasteiger partial charge in [-0.2, -0.15) is 0 Å². The topological polar surface area (TPSA) is 72.5 Å². The van der Waals surface area contributed by atoms with Gasteiger partial charge in [0.25, 0.3) is 0 Å². The molecule has 5 nitrogen and oxygen atoms in total. The van der Waals surface area contributed by atoms with Crippen molar-refractivity contribution in [3.8, 4) is 0 Å². The summed E-state index contributed by atoms with van der Waals surface area (Å²) in [6.45, 7) is 4.69. The lowest BCUT2D eigenvalue weighted by molar-refractivity contribution is -0.144. The summed E-state index contributed by atoms with van der Waals surface area (Å²) in [7, 11) is -3.37. The van der Waals surface area contributed by atoms with Crippen molar-refractivity contribution in [2.45, 2.75) is 38.0 Å². The van der Waals surface area contributed by atoms with E-state index in [0.29, 0.717) is 13.0 Å². The second kappa shape index (κ2) is 5.63. The van der Waals surface area contributed by atoms with Crippen molar-refractivity contribution < 1.29 is 17.9 Å². The predicted molar refractivity (Wildman–Crippen MR) is 60.9 cm³/mol. The van der Waals surface area contributed by atoms with Crippen LogP contribution in [0.4, 0.5) is 0 Å². The molecule has 1 N–H and O–H groups in total. The van der Waals surface area contributed by atoms with E-state index in [1.807, 2.05) is 0 Å². The minimum Gasteiger partial charge on any atom is -0.462 e. The third kappa shape index (κ3) is 4.09. The Labute approximate surface area is 96.5 Å². The van der Waals surface area contributed by atoms with Gasteiger partial charge >= 0.3 is 5.97 Å². The molecule has 1 aliphatic heterocycles. The van der Waals surface area contributed by atoms with E-state index in [-0.39, 0.29) is 6.10 Å². The molecule has 1 aliphatic rings. The van der Waals surface area contributed by atoms with E-state index in [1.165, 1.54) is 0 Å². The quantitative estimate of drug-likeness (QED) is 0.716. The molecule has 1 rings (SSSR count). The van der Waals surface area contributed by atoms with Gasteiger partial charge in [0, 0.05) is 6.54 Å². The minimum atomic E-state index is -3.37. The lowest BCUT2D eigenvalue weighted by Crippen LogP contribution is -2.41. The highest BCUT2D eigenvalue weighted by atomic mass is 32.2. The lowest BCUT2D eigenvalue weighted by Gasteiger charge is -2.22. The zero-order valence-electron chi connectivity index (χ0n) is 9.73. The number of sulfone groups is 1. The van der Waals surface area contributed by atoms with Crippen molar-refractivity contribution in [3.63, 3.8) is 0 Å². The Balaban J connectivity index is 2.53. The molecule has 0 saturated carbocycles. The second-order valence-electron chi connectivity index (χ2n) is 4.31. The fourth-order valence-electron chi connectivity index (χ4n) is 1.71. The van der Waals surface area contributed by atoms with Crippen LogP contribution in [0.5, 0.6) is 0 Å². The summed E-state index contributed by atoms with van der Waals surface area (Å²) in [5.41, 5.74) is 0. The van der Waals surface area contributed by atoms with Crippen LogP contribution in [0.3, 0.4) is 0 Å². The molecule has 0 aromatic carbocycles. The Kier molecular flexibility index (Phi) is 4.73. The summed E-state index contributed by atoms with van der Waals surface area (Å²) < 4.78 is 28.5. The van der Waals surface area contributed by atoms with Gasteiger partial charge in [0.05, 0.1) is 11.4 Å². The molecule has 1 saturated heterocycles. The van der Waals surface area contributed by atoms with Crippen LogP contribution in [0.15, 0.2) is 0 Å². The average molecular weight is 249 g/mol. The molecule has 0 aromatic heterocycles. The molecule has 0 bridgehead atoms. The summed E-state index contributed by atoms with van der Waals surface area (Å²) in [6.07, 6.45) is 1.19.